The van der Waals surface area contributed by atoms with Crippen molar-refractivity contribution < 1.29 is 9.29 Å². The molecule has 0 unspecified atom stereocenters. The van der Waals surface area contributed by atoms with Gasteiger partial charge in [0.25, 0.3) is 0 Å². The molecule has 66 valence electrons. The minimum Gasteiger partial charge on any atom is -0.392 e. The van der Waals surface area contributed by atoms with E-state index in [-0.39, 0.29) is 6.10 Å². The monoisotopic (exact) mass is 177 g/mol. The summed E-state index contributed by atoms with van der Waals surface area (Å²) < 4.78 is 4.63. The summed E-state index contributed by atoms with van der Waals surface area (Å²) in [6.07, 6.45) is 1.81. The molecule has 0 aromatic heterocycles. The second kappa shape index (κ2) is 4.98. The molecule has 1 atom stereocenters. The molecule has 0 aromatic rings. The minimum atomic E-state index is -0.105. The Labute approximate surface area is 73.0 Å². The average molecular weight is 177 g/mol. The van der Waals surface area contributed by atoms with Crippen LogP contribution in [0.2, 0.25) is 0 Å². The van der Waals surface area contributed by atoms with Crippen LogP contribution in [0, 0.1) is 0 Å². The molecule has 0 spiro atoms. The van der Waals surface area contributed by atoms with Crippen LogP contribution in [0.4, 0.5) is 0 Å². The summed E-state index contributed by atoms with van der Waals surface area (Å²) in [7, 11) is 0. The Bertz CT molecular complexity index is 113. The normalized spacial score (nSPS) is 26.2. The van der Waals surface area contributed by atoms with Crippen molar-refractivity contribution in [3.63, 3.8) is 0 Å². The van der Waals surface area contributed by atoms with E-state index < -0.39 is 0 Å². The topological polar surface area (TPSA) is 32.7 Å². The fourth-order valence-corrected chi connectivity index (χ4v) is 1.50. The van der Waals surface area contributed by atoms with Gasteiger partial charge >= 0.3 is 0 Å². The first-order valence-corrected chi connectivity index (χ1v) is 4.36. The summed E-state index contributed by atoms with van der Waals surface area (Å²) in [6, 6.07) is 0. The molecule has 0 radical (unpaired) electrons. The number of likely N-dealkylation sites (tertiary alicyclic amines) is 1. The second-order valence-electron chi connectivity index (χ2n) is 2.93. The predicted octanol–water partition coefficient (Wildman–Crippen LogP) is 0.305. The van der Waals surface area contributed by atoms with Crippen LogP contribution < -0.4 is 0 Å². The SMILES string of the molecule is O[C@H]1CCN(CCCOS)C1. The van der Waals surface area contributed by atoms with Gasteiger partial charge in [0, 0.05) is 19.6 Å². The quantitative estimate of drug-likeness (QED) is 0.368. The van der Waals surface area contributed by atoms with Crippen LogP contribution in [0.15, 0.2) is 0 Å². The number of β-amino-alcohol motifs (C(OH)–C–C–N with tert-alkyl or cyclic N) is 1. The van der Waals surface area contributed by atoms with Crippen LogP contribution in [0.5, 0.6) is 0 Å². The van der Waals surface area contributed by atoms with E-state index in [4.69, 9.17) is 5.11 Å². The van der Waals surface area contributed by atoms with Crippen LogP contribution in [0.1, 0.15) is 12.8 Å². The summed E-state index contributed by atoms with van der Waals surface area (Å²) in [5.74, 6) is 0. The number of aliphatic hydroxyl groups is 1. The molecular formula is C7H15NO2S. The predicted molar refractivity (Wildman–Crippen MR) is 46.6 cm³/mol. The van der Waals surface area contributed by atoms with E-state index in [1.165, 1.54) is 0 Å². The summed E-state index contributed by atoms with van der Waals surface area (Å²) in [5, 5.41) is 9.17. The minimum absolute atomic E-state index is 0.105. The number of hydrogen-bond acceptors (Lipinski definition) is 4. The van der Waals surface area contributed by atoms with Gasteiger partial charge in [-0.1, -0.05) is 0 Å². The fourth-order valence-electron chi connectivity index (χ4n) is 1.37. The van der Waals surface area contributed by atoms with Gasteiger partial charge in [-0.25, -0.2) is 0 Å². The zero-order valence-corrected chi connectivity index (χ0v) is 7.46. The Hall–Kier alpha value is 0.230. The van der Waals surface area contributed by atoms with Gasteiger partial charge in [-0.15, -0.1) is 0 Å². The fraction of sp³-hybridized carbons (Fsp3) is 1.00. The third-order valence-electron chi connectivity index (χ3n) is 1.96. The Morgan fingerprint density at radius 2 is 2.45 bits per heavy atom. The third-order valence-corrected chi connectivity index (χ3v) is 2.14. The molecule has 1 heterocycles. The number of thiol groups is 1. The molecule has 1 aliphatic rings. The Kier molecular flexibility index (Phi) is 4.22. The molecule has 1 fully saturated rings. The smallest absolute Gasteiger partial charge is 0.0679 e. The van der Waals surface area contributed by atoms with Gasteiger partial charge in [0.15, 0.2) is 0 Å². The van der Waals surface area contributed by atoms with E-state index in [0.29, 0.717) is 6.61 Å². The highest BCUT2D eigenvalue weighted by atomic mass is 32.1. The molecule has 11 heavy (non-hydrogen) atoms. The molecule has 1 N–H and O–H groups in total. The molecule has 0 aliphatic carbocycles. The molecule has 3 nitrogen and oxygen atoms in total. The average Bonchev–Trinajstić information content (AvgIpc) is 2.37. The van der Waals surface area contributed by atoms with Gasteiger partial charge in [-0.3, -0.25) is 0 Å². The van der Waals surface area contributed by atoms with Crippen LogP contribution in [0.25, 0.3) is 0 Å². The largest absolute Gasteiger partial charge is 0.392 e. The van der Waals surface area contributed by atoms with Crippen LogP contribution >= 0.6 is 12.9 Å². The van der Waals surface area contributed by atoms with Crippen molar-refractivity contribution in [2.45, 2.75) is 18.9 Å². The lowest BCUT2D eigenvalue weighted by Gasteiger charge is -2.13. The molecule has 0 saturated carbocycles. The van der Waals surface area contributed by atoms with E-state index in [1.807, 2.05) is 0 Å². The lowest BCUT2D eigenvalue weighted by atomic mass is 10.3. The maximum absolute atomic E-state index is 9.17. The molecule has 0 amide bonds. The van der Waals surface area contributed by atoms with Crippen molar-refractivity contribution in [3.8, 4) is 0 Å². The number of aliphatic hydroxyl groups excluding tert-OH is 1. The summed E-state index contributed by atoms with van der Waals surface area (Å²) in [4.78, 5) is 2.25. The molecular weight excluding hydrogens is 162 g/mol. The Morgan fingerprint density at radius 1 is 1.64 bits per heavy atom. The van der Waals surface area contributed by atoms with Crippen LogP contribution in [0.3, 0.4) is 0 Å². The molecule has 1 rings (SSSR count). The van der Waals surface area contributed by atoms with Crippen molar-refractivity contribution in [3.05, 3.63) is 0 Å². The van der Waals surface area contributed by atoms with E-state index in [9.17, 15) is 0 Å². The zero-order valence-electron chi connectivity index (χ0n) is 6.57. The highest BCUT2D eigenvalue weighted by Crippen LogP contribution is 2.08. The highest BCUT2D eigenvalue weighted by Gasteiger charge is 2.18. The molecule has 1 aliphatic heterocycles. The lowest BCUT2D eigenvalue weighted by Crippen LogP contribution is -2.23. The first-order chi connectivity index (χ1) is 5.33. The van der Waals surface area contributed by atoms with Crippen LogP contribution in [-0.4, -0.2) is 42.4 Å². The van der Waals surface area contributed by atoms with Gasteiger partial charge in [0.2, 0.25) is 0 Å². The van der Waals surface area contributed by atoms with Crippen molar-refractivity contribution >= 4 is 12.9 Å². The van der Waals surface area contributed by atoms with Crippen LogP contribution in [-0.2, 0) is 4.18 Å². The van der Waals surface area contributed by atoms with Gasteiger partial charge in [-0.2, -0.15) is 0 Å². The van der Waals surface area contributed by atoms with E-state index in [2.05, 4.69) is 22.0 Å². The zero-order chi connectivity index (χ0) is 8.10. The van der Waals surface area contributed by atoms with E-state index in [0.717, 1.165) is 32.5 Å². The summed E-state index contributed by atoms with van der Waals surface area (Å²) in [6.45, 7) is 3.55. The number of rotatable bonds is 4. The van der Waals surface area contributed by atoms with Gasteiger partial charge in [0.05, 0.1) is 12.7 Å². The molecule has 0 bridgehead atoms. The maximum Gasteiger partial charge on any atom is 0.0679 e. The number of nitrogens with zero attached hydrogens (tertiary/aromatic N) is 1. The molecule has 1 saturated heterocycles. The standard InChI is InChI=1S/C7H15NO2S/c9-7-2-4-8(6-7)3-1-5-10-11/h7,9,11H,1-6H2/t7-/m0/s1. The Morgan fingerprint density at radius 3 is 3.00 bits per heavy atom. The van der Waals surface area contributed by atoms with Crippen molar-refractivity contribution in [2.75, 3.05) is 26.2 Å². The second-order valence-corrected chi connectivity index (χ2v) is 3.19. The van der Waals surface area contributed by atoms with Crippen molar-refractivity contribution in [1.82, 2.24) is 4.90 Å². The summed E-state index contributed by atoms with van der Waals surface area (Å²) >= 11 is 3.65. The van der Waals surface area contributed by atoms with Gasteiger partial charge in [0.1, 0.15) is 0 Å². The molecule has 4 heteroatoms. The van der Waals surface area contributed by atoms with E-state index in [1.54, 1.807) is 0 Å². The van der Waals surface area contributed by atoms with Crippen molar-refractivity contribution in [1.29, 1.82) is 0 Å². The van der Waals surface area contributed by atoms with Gasteiger partial charge < -0.3 is 14.2 Å². The lowest BCUT2D eigenvalue weighted by molar-refractivity contribution is 0.174. The maximum atomic E-state index is 9.17. The first kappa shape index (κ1) is 9.32. The first-order valence-electron chi connectivity index (χ1n) is 3.99. The third kappa shape index (κ3) is 3.42. The highest BCUT2D eigenvalue weighted by molar-refractivity contribution is 7.75. The number of hydrogen-bond donors (Lipinski definition) is 2. The van der Waals surface area contributed by atoms with Gasteiger partial charge in [-0.05, 0) is 25.8 Å². The van der Waals surface area contributed by atoms with Crippen molar-refractivity contribution in [2.24, 2.45) is 0 Å². The Balaban J connectivity index is 1.99. The summed E-state index contributed by atoms with van der Waals surface area (Å²) in [5.41, 5.74) is 0. The van der Waals surface area contributed by atoms with E-state index >= 15 is 0 Å². The molecule has 0 aromatic carbocycles.